The number of nitrogens with one attached hydrogen (secondary N) is 1. The van der Waals surface area contributed by atoms with E-state index < -0.39 is 22.5 Å². The lowest BCUT2D eigenvalue weighted by Crippen LogP contribution is -2.53. The first kappa shape index (κ1) is 19.9. The van der Waals surface area contributed by atoms with E-state index in [2.05, 4.69) is 5.32 Å². The molecule has 0 aliphatic carbocycles. The van der Waals surface area contributed by atoms with E-state index in [-0.39, 0.29) is 5.91 Å². The first-order chi connectivity index (χ1) is 11.5. The molecule has 0 bridgehead atoms. The number of halogens is 1. The first-order valence-corrected chi connectivity index (χ1v) is 9.52. The third-order valence-corrected chi connectivity index (χ3v) is 5.58. The predicted molar refractivity (Wildman–Crippen MR) is 102 cm³/mol. The molecule has 1 aromatic rings. The highest BCUT2D eigenvalue weighted by Crippen LogP contribution is 2.40. The van der Waals surface area contributed by atoms with Crippen LogP contribution in [0.2, 0.25) is 5.02 Å². The summed E-state index contributed by atoms with van der Waals surface area (Å²) in [4.78, 5) is 26.8. The number of ether oxygens (including phenoxy) is 1. The Bertz CT molecular complexity index is 658. The number of nitrogens with zero attached hydrogens (tertiary/aromatic N) is 1. The molecule has 138 valence electrons. The molecular weight excluding hydrogens is 360 g/mol. The van der Waals surface area contributed by atoms with E-state index in [1.54, 1.807) is 17.8 Å². The molecule has 0 saturated carbocycles. The Hall–Kier alpha value is -1.40. The van der Waals surface area contributed by atoms with Crippen molar-refractivity contribution in [3.05, 3.63) is 34.9 Å². The molecule has 1 fully saturated rings. The first-order valence-electron chi connectivity index (χ1n) is 8.16. The van der Waals surface area contributed by atoms with Crippen LogP contribution in [-0.2, 0) is 16.1 Å². The largest absolute Gasteiger partial charge is 0.444 e. The van der Waals surface area contributed by atoms with Gasteiger partial charge < -0.3 is 10.1 Å². The van der Waals surface area contributed by atoms with E-state index in [1.165, 1.54) is 4.90 Å². The lowest BCUT2D eigenvalue weighted by Gasteiger charge is -2.31. The van der Waals surface area contributed by atoms with E-state index >= 15 is 0 Å². The van der Waals surface area contributed by atoms with Gasteiger partial charge in [-0.25, -0.2) is 4.79 Å². The predicted octanol–water partition coefficient (Wildman–Crippen LogP) is 4.04. The number of amides is 2. The summed E-state index contributed by atoms with van der Waals surface area (Å²) in [5.74, 6) is 0.215. The van der Waals surface area contributed by atoms with Crippen LogP contribution >= 0.6 is 23.4 Å². The lowest BCUT2D eigenvalue weighted by atomic mass is 10.0. The summed E-state index contributed by atoms with van der Waals surface area (Å²) < 4.78 is 5.05. The maximum absolute atomic E-state index is 12.8. The Morgan fingerprint density at radius 1 is 1.36 bits per heavy atom. The van der Waals surface area contributed by atoms with Crippen molar-refractivity contribution < 1.29 is 14.3 Å². The molecule has 2 amide bonds. The SMILES string of the molecule is CC(C)(C)OC(=O)N1CSC(C)(C)[C@H]1C(=O)NCc1ccccc1Cl. The number of carbonyl (C=O) groups excluding carboxylic acids is 2. The number of hydrogen-bond acceptors (Lipinski definition) is 4. The summed E-state index contributed by atoms with van der Waals surface area (Å²) in [6.07, 6.45) is -0.469. The van der Waals surface area contributed by atoms with E-state index in [4.69, 9.17) is 16.3 Å². The fraction of sp³-hybridized carbons (Fsp3) is 0.556. The third-order valence-electron chi connectivity index (χ3n) is 3.83. The normalized spacial score (nSPS) is 19.6. The highest BCUT2D eigenvalue weighted by molar-refractivity contribution is 8.00. The Balaban J connectivity index is 2.10. The van der Waals surface area contributed by atoms with Gasteiger partial charge in [-0.05, 0) is 46.2 Å². The monoisotopic (exact) mass is 384 g/mol. The molecule has 0 aromatic heterocycles. The van der Waals surface area contributed by atoms with Crippen LogP contribution in [0.5, 0.6) is 0 Å². The van der Waals surface area contributed by atoms with Crippen molar-refractivity contribution in [3.63, 3.8) is 0 Å². The van der Waals surface area contributed by atoms with Crippen molar-refractivity contribution in [1.82, 2.24) is 10.2 Å². The summed E-state index contributed by atoms with van der Waals surface area (Å²) in [7, 11) is 0. The Morgan fingerprint density at radius 2 is 2.00 bits per heavy atom. The average molecular weight is 385 g/mol. The molecular formula is C18H25ClN2O3S. The number of thioether (sulfide) groups is 1. The van der Waals surface area contributed by atoms with Crippen LogP contribution in [0, 0.1) is 0 Å². The third kappa shape index (κ3) is 5.05. The molecule has 1 aromatic carbocycles. The molecule has 1 aliphatic heterocycles. The minimum Gasteiger partial charge on any atom is -0.444 e. The van der Waals surface area contributed by atoms with E-state index in [9.17, 15) is 9.59 Å². The number of carbonyl (C=O) groups is 2. The topological polar surface area (TPSA) is 58.6 Å². The fourth-order valence-corrected chi connectivity index (χ4v) is 3.94. The van der Waals surface area contributed by atoms with Crippen molar-refractivity contribution >= 4 is 35.4 Å². The zero-order valence-electron chi connectivity index (χ0n) is 15.3. The fourth-order valence-electron chi connectivity index (χ4n) is 2.62. The van der Waals surface area contributed by atoms with Crippen molar-refractivity contribution in [1.29, 1.82) is 0 Å². The van der Waals surface area contributed by atoms with Crippen molar-refractivity contribution in [2.24, 2.45) is 0 Å². The van der Waals surface area contributed by atoms with Gasteiger partial charge in [-0.2, -0.15) is 0 Å². The van der Waals surface area contributed by atoms with Gasteiger partial charge in [0, 0.05) is 16.3 Å². The van der Waals surface area contributed by atoms with Crippen LogP contribution in [0.4, 0.5) is 4.79 Å². The van der Waals surface area contributed by atoms with E-state index in [1.807, 2.05) is 52.8 Å². The second-order valence-corrected chi connectivity index (χ2v) is 9.55. The quantitative estimate of drug-likeness (QED) is 0.854. The molecule has 25 heavy (non-hydrogen) atoms. The number of rotatable bonds is 3. The van der Waals surface area contributed by atoms with Gasteiger partial charge in [0.15, 0.2) is 0 Å². The van der Waals surface area contributed by atoms with Crippen LogP contribution in [0.25, 0.3) is 0 Å². The zero-order chi connectivity index (χ0) is 18.8. The summed E-state index contributed by atoms with van der Waals surface area (Å²) in [5, 5.41) is 3.50. The Morgan fingerprint density at radius 3 is 2.60 bits per heavy atom. The summed E-state index contributed by atoms with van der Waals surface area (Å²) in [6, 6.07) is 6.76. The van der Waals surface area contributed by atoms with Crippen LogP contribution in [0.15, 0.2) is 24.3 Å². The highest BCUT2D eigenvalue weighted by atomic mass is 35.5. The van der Waals surface area contributed by atoms with E-state index in [0.29, 0.717) is 17.4 Å². The minimum atomic E-state index is -0.604. The second-order valence-electron chi connectivity index (χ2n) is 7.54. The van der Waals surface area contributed by atoms with Crippen LogP contribution in [-0.4, -0.2) is 39.2 Å². The molecule has 0 radical (unpaired) electrons. The molecule has 1 saturated heterocycles. The van der Waals surface area contributed by atoms with Crippen molar-refractivity contribution in [3.8, 4) is 0 Å². The summed E-state index contributed by atoms with van der Waals surface area (Å²) >= 11 is 7.70. The lowest BCUT2D eigenvalue weighted by molar-refractivity contribution is -0.126. The van der Waals surface area contributed by atoms with Crippen LogP contribution in [0.3, 0.4) is 0 Å². The molecule has 1 atom stereocenters. The minimum absolute atomic E-state index is 0.208. The van der Waals surface area contributed by atoms with Crippen LogP contribution in [0.1, 0.15) is 40.2 Å². The average Bonchev–Trinajstić information content (AvgIpc) is 2.80. The molecule has 0 spiro atoms. The molecule has 2 rings (SSSR count). The molecule has 0 unspecified atom stereocenters. The number of benzene rings is 1. The smallest absolute Gasteiger partial charge is 0.411 e. The van der Waals surface area contributed by atoms with Gasteiger partial charge in [0.1, 0.15) is 11.6 Å². The number of hydrogen-bond donors (Lipinski definition) is 1. The van der Waals surface area contributed by atoms with Crippen LogP contribution < -0.4 is 5.32 Å². The van der Waals surface area contributed by atoms with Crippen molar-refractivity contribution in [2.45, 2.75) is 57.6 Å². The zero-order valence-corrected chi connectivity index (χ0v) is 16.8. The molecule has 1 aliphatic rings. The van der Waals surface area contributed by atoms with Gasteiger partial charge >= 0.3 is 6.09 Å². The summed E-state index contributed by atoms with van der Waals surface area (Å²) in [5.41, 5.74) is 0.234. The molecule has 5 nitrogen and oxygen atoms in total. The Labute approximate surface area is 158 Å². The maximum atomic E-state index is 12.8. The van der Waals surface area contributed by atoms with Crippen molar-refractivity contribution in [2.75, 3.05) is 5.88 Å². The second kappa shape index (κ2) is 7.46. The van der Waals surface area contributed by atoms with Gasteiger partial charge in [-0.15, -0.1) is 11.8 Å². The molecule has 7 heteroatoms. The Kier molecular flexibility index (Phi) is 5.94. The standard InChI is InChI=1S/C18H25ClN2O3S/c1-17(2,3)24-16(23)21-11-25-18(4,5)14(21)15(22)20-10-12-8-6-7-9-13(12)19/h6-9,14H,10-11H2,1-5H3,(H,20,22)/t14-/m1/s1. The van der Waals surface area contributed by atoms with Gasteiger partial charge in [0.05, 0.1) is 5.88 Å². The maximum Gasteiger partial charge on any atom is 0.411 e. The van der Waals surface area contributed by atoms with Gasteiger partial charge in [-0.1, -0.05) is 29.8 Å². The molecule has 1 N–H and O–H groups in total. The van der Waals surface area contributed by atoms with Gasteiger partial charge in [-0.3, -0.25) is 9.69 Å². The van der Waals surface area contributed by atoms with E-state index in [0.717, 1.165) is 5.56 Å². The van der Waals surface area contributed by atoms with Gasteiger partial charge in [0.2, 0.25) is 5.91 Å². The summed E-state index contributed by atoms with van der Waals surface area (Å²) in [6.45, 7) is 9.67. The van der Waals surface area contributed by atoms with Gasteiger partial charge in [0.25, 0.3) is 0 Å². The molecule has 1 heterocycles. The highest BCUT2D eigenvalue weighted by Gasteiger charge is 2.49.